The number of amides is 1. The van der Waals surface area contributed by atoms with Crippen molar-refractivity contribution >= 4 is 39.2 Å². The summed E-state index contributed by atoms with van der Waals surface area (Å²) in [6.07, 6.45) is 4.44. The van der Waals surface area contributed by atoms with Crippen LogP contribution < -0.4 is 9.47 Å². The van der Waals surface area contributed by atoms with Gasteiger partial charge in [-0.2, -0.15) is 0 Å². The van der Waals surface area contributed by atoms with Crippen LogP contribution in [0.4, 0.5) is 0 Å². The summed E-state index contributed by atoms with van der Waals surface area (Å²) in [6, 6.07) is 8.19. The third-order valence-electron chi connectivity index (χ3n) is 5.29. The molecule has 0 aliphatic carbocycles. The fraction of sp³-hybridized carbons (Fsp3) is 0.381. The largest absolute Gasteiger partial charge is 0.490 e. The average Bonchev–Trinajstić information content (AvgIpc) is 3.37. The number of ether oxygens (including phenoxy) is 2. The summed E-state index contributed by atoms with van der Waals surface area (Å²) in [5.74, 6) is 2.10. The van der Waals surface area contributed by atoms with Crippen LogP contribution >= 0.6 is 23.1 Å². The molecule has 0 radical (unpaired) electrons. The summed E-state index contributed by atoms with van der Waals surface area (Å²) in [4.78, 5) is 24.6. The Morgan fingerprint density at radius 2 is 2.07 bits per heavy atom. The summed E-state index contributed by atoms with van der Waals surface area (Å²) < 4.78 is 11.6. The molecule has 4 heterocycles. The SMILES string of the molecule is O=C(CSc1ncnc2sccc12)N1CCCC1c1ccc2c(c1)OCCCO2. The molecule has 2 aliphatic rings. The first-order valence-electron chi connectivity index (χ1n) is 9.79. The Balaban J connectivity index is 1.31. The maximum atomic E-state index is 13.0. The first-order valence-corrected chi connectivity index (χ1v) is 11.7. The van der Waals surface area contributed by atoms with Crippen molar-refractivity contribution < 1.29 is 14.3 Å². The van der Waals surface area contributed by atoms with E-state index in [0.717, 1.165) is 58.1 Å². The molecular weight excluding hydrogens is 406 g/mol. The van der Waals surface area contributed by atoms with E-state index in [1.165, 1.54) is 11.8 Å². The number of hydrogen-bond acceptors (Lipinski definition) is 7. The van der Waals surface area contributed by atoms with Gasteiger partial charge in [-0.1, -0.05) is 17.8 Å². The third-order valence-corrected chi connectivity index (χ3v) is 7.10. The number of likely N-dealkylation sites (tertiary alicyclic amines) is 1. The number of thioether (sulfide) groups is 1. The summed E-state index contributed by atoms with van der Waals surface area (Å²) in [6.45, 7) is 2.13. The van der Waals surface area contributed by atoms with E-state index in [9.17, 15) is 4.79 Å². The summed E-state index contributed by atoms with van der Waals surface area (Å²) in [5.41, 5.74) is 1.12. The van der Waals surface area contributed by atoms with E-state index in [1.54, 1.807) is 17.7 Å². The molecule has 1 atom stereocenters. The van der Waals surface area contributed by atoms with E-state index < -0.39 is 0 Å². The van der Waals surface area contributed by atoms with Crippen molar-refractivity contribution in [1.29, 1.82) is 0 Å². The van der Waals surface area contributed by atoms with E-state index in [0.29, 0.717) is 19.0 Å². The number of hydrogen-bond donors (Lipinski definition) is 0. The lowest BCUT2D eigenvalue weighted by molar-refractivity contribution is -0.129. The molecule has 0 N–H and O–H groups in total. The monoisotopic (exact) mass is 427 g/mol. The van der Waals surface area contributed by atoms with E-state index in [-0.39, 0.29) is 11.9 Å². The van der Waals surface area contributed by atoms with Gasteiger partial charge < -0.3 is 14.4 Å². The predicted molar refractivity (Wildman–Crippen MR) is 114 cm³/mol. The number of carbonyl (C=O) groups is 1. The van der Waals surface area contributed by atoms with Crippen molar-refractivity contribution in [3.05, 3.63) is 41.5 Å². The van der Waals surface area contributed by atoms with Crippen LogP contribution in [0.1, 0.15) is 30.9 Å². The van der Waals surface area contributed by atoms with Gasteiger partial charge in [0.1, 0.15) is 16.2 Å². The molecule has 1 fully saturated rings. The lowest BCUT2D eigenvalue weighted by atomic mass is 10.0. The van der Waals surface area contributed by atoms with Crippen molar-refractivity contribution in [3.8, 4) is 11.5 Å². The average molecular weight is 428 g/mol. The Bertz CT molecular complexity index is 1040. The van der Waals surface area contributed by atoms with Crippen molar-refractivity contribution in [2.75, 3.05) is 25.5 Å². The molecule has 29 heavy (non-hydrogen) atoms. The highest BCUT2D eigenvalue weighted by Crippen LogP contribution is 2.38. The maximum Gasteiger partial charge on any atom is 0.233 e. The van der Waals surface area contributed by atoms with Crippen LogP contribution in [-0.2, 0) is 4.79 Å². The number of fused-ring (bicyclic) bond motifs is 2. The summed E-state index contributed by atoms with van der Waals surface area (Å²) in [7, 11) is 0. The Labute approximate surface area is 177 Å². The van der Waals surface area contributed by atoms with E-state index in [1.807, 2.05) is 28.5 Å². The molecule has 1 aromatic carbocycles. The molecule has 1 unspecified atom stereocenters. The van der Waals surface area contributed by atoms with Crippen LogP contribution in [0.3, 0.4) is 0 Å². The van der Waals surface area contributed by atoms with Crippen LogP contribution in [0, 0.1) is 0 Å². The van der Waals surface area contributed by atoms with Crippen LogP contribution in [-0.4, -0.2) is 46.3 Å². The Morgan fingerprint density at radius 1 is 1.17 bits per heavy atom. The van der Waals surface area contributed by atoms with Crippen LogP contribution in [0.5, 0.6) is 11.5 Å². The van der Waals surface area contributed by atoms with E-state index in [4.69, 9.17) is 9.47 Å². The molecule has 5 rings (SSSR count). The number of benzene rings is 1. The number of thiophene rings is 1. The van der Waals surface area contributed by atoms with Crippen molar-refractivity contribution in [2.45, 2.75) is 30.3 Å². The normalized spacial score (nSPS) is 18.8. The lowest BCUT2D eigenvalue weighted by Gasteiger charge is -2.25. The third kappa shape index (κ3) is 3.79. The number of nitrogens with zero attached hydrogens (tertiary/aromatic N) is 3. The van der Waals surface area contributed by atoms with Gasteiger partial charge in [-0.15, -0.1) is 11.3 Å². The zero-order chi connectivity index (χ0) is 19.6. The molecule has 6 nitrogen and oxygen atoms in total. The second-order valence-corrected chi connectivity index (χ2v) is 8.97. The Morgan fingerprint density at radius 3 is 3.00 bits per heavy atom. The predicted octanol–water partition coefficient (Wildman–Crippen LogP) is 4.31. The molecule has 0 spiro atoms. The van der Waals surface area contributed by atoms with Gasteiger partial charge in [0, 0.05) is 18.4 Å². The van der Waals surface area contributed by atoms with E-state index >= 15 is 0 Å². The fourth-order valence-electron chi connectivity index (χ4n) is 3.89. The van der Waals surface area contributed by atoms with Gasteiger partial charge in [0.2, 0.25) is 5.91 Å². The highest BCUT2D eigenvalue weighted by atomic mass is 32.2. The standard InChI is InChI=1S/C21H21N3O3S2/c25-19(12-29-21-15-6-10-28-20(15)22-13-23-21)24-7-1-3-16(24)14-4-5-17-18(11-14)27-9-2-8-26-17/h4-6,10-11,13,16H,1-3,7-9,12H2. The minimum Gasteiger partial charge on any atom is -0.490 e. The minimum absolute atomic E-state index is 0.0896. The minimum atomic E-state index is 0.0896. The van der Waals surface area contributed by atoms with Gasteiger partial charge >= 0.3 is 0 Å². The lowest BCUT2D eigenvalue weighted by Crippen LogP contribution is -2.32. The molecule has 2 aliphatic heterocycles. The van der Waals surface area contributed by atoms with Crippen LogP contribution in [0.25, 0.3) is 10.2 Å². The fourth-order valence-corrected chi connectivity index (χ4v) is 5.56. The van der Waals surface area contributed by atoms with Gasteiger partial charge in [-0.3, -0.25) is 4.79 Å². The van der Waals surface area contributed by atoms with Crippen molar-refractivity contribution in [1.82, 2.24) is 14.9 Å². The Kier molecular flexibility index (Phi) is 5.28. The number of carbonyl (C=O) groups excluding carboxylic acids is 1. The number of aromatic nitrogens is 2. The van der Waals surface area contributed by atoms with Crippen molar-refractivity contribution in [3.63, 3.8) is 0 Å². The highest BCUT2D eigenvalue weighted by Gasteiger charge is 2.30. The highest BCUT2D eigenvalue weighted by molar-refractivity contribution is 8.00. The van der Waals surface area contributed by atoms with Gasteiger partial charge in [-0.25, -0.2) is 9.97 Å². The zero-order valence-electron chi connectivity index (χ0n) is 15.9. The number of rotatable bonds is 4. The second-order valence-electron chi connectivity index (χ2n) is 7.11. The molecule has 150 valence electrons. The second kappa shape index (κ2) is 8.20. The molecule has 8 heteroatoms. The zero-order valence-corrected chi connectivity index (χ0v) is 17.5. The summed E-state index contributed by atoms with van der Waals surface area (Å²) in [5, 5.41) is 3.90. The van der Waals surface area contributed by atoms with Crippen molar-refractivity contribution in [2.24, 2.45) is 0 Å². The maximum absolute atomic E-state index is 13.0. The molecule has 1 amide bonds. The van der Waals surface area contributed by atoms with Gasteiger partial charge in [0.05, 0.1) is 25.0 Å². The molecule has 1 saturated heterocycles. The Hall–Kier alpha value is -2.32. The molecule has 2 aromatic heterocycles. The van der Waals surface area contributed by atoms with Gasteiger partial charge in [0.25, 0.3) is 0 Å². The van der Waals surface area contributed by atoms with Crippen LogP contribution in [0.2, 0.25) is 0 Å². The summed E-state index contributed by atoms with van der Waals surface area (Å²) >= 11 is 3.08. The molecule has 0 bridgehead atoms. The molecule has 3 aromatic rings. The quantitative estimate of drug-likeness (QED) is 0.457. The first kappa shape index (κ1) is 18.7. The van der Waals surface area contributed by atoms with Crippen LogP contribution in [0.15, 0.2) is 41.0 Å². The smallest absolute Gasteiger partial charge is 0.233 e. The van der Waals surface area contributed by atoms with E-state index in [2.05, 4.69) is 16.0 Å². The van der Waals surface area contributed by atoms with Gasteiger partial charge in [0.15, 0.2) is 11.5 Å². The molecule has 0 saturated carbocycles. The van der Waals surface area contributed by atoms with Gasteiger partial charge in [-0.05, 0) is 42.0 Å². The molecular formula is C21H21N3O3S2. The first-order chi connectivity index (χ1) is 14.3. The topological polar surface area (TPSA) is 64.6 Å².